The van der Waals surface area contributed by atoms with Crippen LogP contribution in [0.25, 0.3) is 0 Å². The Balaban J connectivity index is 1.93. The summed E-state index contributed by atoms with van der Waals surface area (Å²) in [6.07, 6.45) is 3.29. The minimum Gasteiger partial charge on any atom is -0.376 e. The summed E-state index contributed by atoms with van der Waals surface area (Å²) < 4.78 is 9.89. The number of aromatic nitrogens is 2. The van der Waals surface area contributed by atoms with E-state index in [1.807, 2.05) is 39.0 Å². The van der Waals surface area contributed by atoms with Crippen LogP contribution in [0.4, 0.5) is 4.79 Å². The highest BCUT2D eigenvalue weighted by Crippen LogP contribution is 2.40. The Morgan fingerprint density at radius 2 is 1.77 bits per heavy atom. The quantitative estimate of drug-likeness (QED) is 0.343. The summed E-state index contributed by atoms with van der Waals surface area (Å²) in [5.41, 5.74) is 11.7. The number of esters is 1. The molecule has 0 aliphatic rings. The molecular formula is C22H32N4O4. The summed E-state index contributed by atoms with van der Waals surface area (Å²) >= 11 is 0. The van der Waals surface area contributed by atoms with E-state index in [9.17, 15) is 9.59 Å². The average Bonchev–Trinajstić information content (AvgIpc) is 3.15. The van der Waals surface area contributed by atoms with E-state index < -0.39 is 17.6 Å². The number of unbranched alkanes of at least 4 members (excludes halogenated alkanes) is 2. The van der Waals surface area contributed by atoms with Gasteiger partial charge in [0.25, 0.3) is 0 Å². The van der Waals surface area contributed by atoms with Gasteiger partial charge < -0.3 is 20.7 Å². The van der Waals surface area contributed by atoms with Crippen molar-refractivity contribution in [3.63, 3.8) is 0 Å². The van der Waals surface area contributed by atoms with Crippen LogP contribution in [0.3, 0.4) is 0 Å². The first-order chi connectivity index (χ1) is 14.1. The summed E-state index contributed by atoms with van der Waals surface area (Å²) in [7, 11) is 0. The van der Waals surface area contributed by atoms with Crippen molar-refractivity contribution in [3.05, 3.63) is 47.6 Å². The number of primary amides is 1. The fourth-order valence-corrected chi connectivity index (χ4v) is 3.25. The number of nitrogens with two attached hydrogens (primary N) is 2. The predicted octanol–water partition coefficient (Wildman–Crippen LogP) is 3.63. The monoisotopic (exact) mass is 416 g/mol. The summed E-state index contributed by atoms with van der Waals surface area (Å²) in [5, 5.41) is 4.13. The normalized spacial score (nSPS) is 13.6. The molecule has 0 radical (unpaired) electrons. The van der Waals surface area contributed by atoms with Gasteiger partial charge in [-0.25, -0.2) is 4.79 Å². The Morgan fingerprint density at radius 3 is 2.40 bits per heavy atom. The first-order valence-electron chi connectivity index (χ1n) is 10.3. The summed E-state index contributed by atoms with van der Waals surface area (Å²) in [6.45, 7) is 6.14. The second kappa shape index (κ2) is 10.3. The fraction of sp³-hybridized carbons (Fsp3) is 0.545. The van der Waals surface area contributed by atoms with E-state index in [0.29, 0.717) is 31.0 Å². The number of nitrogens with zero attached hydrogens (tertiary/aromatic N) is 2. The highest BCUT2D eigenvalue weighted by Gasteiger charge is 2.44. The molecule has 0 spiro atoms. The summed E-state index contributed by atoms with van der Waals surface area (Å²) in [6, 6.07) is 10.2. The number of amides is 1. The van der Waals surface area contributed by atoms with E-state index in [2.05, 4.69) is 27.0 Å². The van der Waals surface area contributed by atoms with Crippen LogP contribution >= 0.6 is 0 Å². The Kier molecular flexibility index (Phi) is 8.11. The molecule has 0 fully saturated rings. The van der Waals surface area contributed by atoms with Gasteiger partial charge in [-0.3, -0.25) is 4.79 Å². The maximum atomic E-state index is 11.4. The van der Waals surface area contributed by atoms with Crippen molar-refractivity contribution in [2.45, 2.75) is 71.3 Å². The van der Waals surface area contributed by atoms with E-state index in [0.717, 1.165) is 19.3 Å². The molecule has 4 N–H and O–H groups in total. The number of carbonyl (C=O) groups excluding carboxylic acids is 2. The van der Waals surface area contributed by atoms with Crippen molar-refractivity contribution in [2.24, 2.45) is 16.9 Å². The van der Waals surface area contributed by atoms with Crippen molar-refractivity contribution in [2.75, 3.05) is 0 Å². The molecule has 2 aromatic rings. The third-order valence-electron chi connectivity index (χ3n) is 5.33. The molecule has 0 saturated heterocycles. The number of hydrogen-bond acceptors (Lipinski definition) is 7. The van der Waals surface area contributed by atoms with Gasteiger partial charge in [-0.05, 0) is 30.2 Å². The van der Waals surface area contributed by atoms with Gasteiger partial charge in [0, 0.05) is 12.8 Å². The van der Waals surface area contributed by atoms with Crippen LogP contribution in [0.2, 0.25) is 0 Å². The van der Waals surface area contributed by atoms with Gasteiger partial charge in [0.2, 0.25) is 5.89 Å². The Hall–Kier alpha value is -2.74. The molecule has 0 aliphatic heterocycles. The average molecular weight is 417 g/mol. The molecule has 1 unspecified atom stereocenters. The summed E-state index contributed by atoms with van der Waals surface area (Å²) in [4.78, 5) is 26.5. The van der Waals surface area contributed by atoms with Crippen molar-refractivity contribution in [3.8, 4) is 0 Å². The van der Waals surface area contributed by atoms with Gasteiger partial charge >= 0.3 is 12.1 Å². The third kappa shape index (κ3) is 6.66. The number of ether oxygens (including phenoxy) is 1. The number of carbonyl (C=O) groups is 2. The fourth-order valence-electron chi connectivity index (χ4n) is 3.25. The van der Waals surface area contributed by atoms with Crippen LogP contribution in [0, 0.1) is 5.41 Å². The minimum absolute atomic E-state index is 0.139. The zero-order valence-electron chi connectivity index (χ0n) is 18.0. The zero-order chi connectivity index (χ0) is 22.2. The minimum atomic E-state index is -1.08. The number of rotatable bonds is 10. The van der Waals surface area contributed by atoms with E-state index in [1.165, 1.54) is 5.56 Å². The molecule has 8 heteroatoms. The van der Waals surface area contributed by atoms with E-state index >= 15 is 0 Å². The van der Waals surface area contributed by atoms with Crippen molar-refractivity contribution in [1.82, 2.24) is 10.1 Å². The van der Waals surface area contributed by atoms with Gasteiger partial charge in [-0.2, -0.15) is 4.98 Å². The number of aryl methyl sites for hydroxylation is 2. The molecule has 1 heterocycles. The second-order valence-electron chi connectivity index (χ2n) is 8.58. The molecule has 8 nitrogen and oxygen atoms in total. The van der Waals surface area contributed by atoms with Crippen molar-refractivity contribution < 1.29 is 18.8 Å². The third-order valence-corrected chi connectivity index (χ3v) is 5.33. The van der Waals surface area contributed by atoms with Crippen LogP contribution in [0.15, 0.2) is 34.9 Å². The van der Waals surface area contributed by atoms with Gasteiger partial charge in [-0.15, -0.1) is 0 Å². The predicted molar refractivity (Wildman–Crippen MR) is 112 cm³/mol. The van der Waals surface area contributed by atoms with Crippen LogP contribution in [0.1, 0.15) is 70.2 Å². The largest absolute Gasteiger partial charge is 0.412 e. The van der Waals surface area contributed by atoms with E-state index in [4.69, 9.17) is 16.0 Å². The lowest BCUT2D eigenvalue weighted by molar-refractivity contribution is -0.137. The Morgan fingerprint density at radius 1 is 1.07 bits per heavy atom. The highest BCUT2D eigenvalue weighted by atomic mass is 16.6. The van der Waals surface area contributed by atoms with Crippen LogP contribution < -0.4 is 11.5 Å². The highest BCUT2D eigenvalue weighted by molar-refractivity contribution is 5.83. The molecule has 2 rings (SSSR count). The molecule has 0 bridgehead atoms. The topological polar surface area (TPSA) is 134 Å². The lowest BCUT2D eigenvalue weighted by Gasteiger charge is -2.38. The first kappa shape index (κ1) is 23.5. The lowest BCUT2D eigenvalue weighted by Crippen LogP contribution is -2.48. The smallest absolute Gasteiger partial charge is 0.376 e. The Labute approximate surface area is 177 Å². The van der Waals surface area contributed by atoms with Crippen LogP contribution in [-0.2, 0) is 27.9 Å². The standard InChI is InChI=1S/C22H32N4O4/c1-21(2,3)22(24,15-9-5-8-12-18(27)29-20(23)28)19-25-17(26-30-19)14-13-16-10-6-4-7-11-16/h4,6-7,10-11H,5,8-9,12-15,24H2,1-3H3,(H2,23,28). The van der Waals surface area contributed by atoms with E-state index in [1.54, 1.807) is 0 Å². The zero-order valence-corrected chi connectivity index (χ0v) is 18.0. The molecule has 1 aromatic carbocycles. The molecule has 0 aliphatic carbocycles. The molecule has 1 atom stereocenters. The number of hydrogen-bond donors (Lipinski definition) is 2. The molecule has 164 valence electrons. The van der Waals surface area contributed by atoms with Crippen LogP contribution in [0.5, 0.6) is 0 Å². The van der Waals surface area contributed by atoms with Crippen LogP contribution in [-0.4, -0.2) is 22.2 Å². The molecule has 1 amide bonds. The van der Waals surface area contributed by atoms with Crippen molar-refractivity contribution >= 4 is 12.1 Å². The maximum Gasteiger partial charge on any atom is 0.412 e. The van der Waals surface area contributed by atoms with Crippen molar-refractivity contribution in [1.29, 1.82) is 0 Å². The molecule has 30 heavy (non-hydrogen) atoms. The van der Waals surface area contributed by atoms with Gasteiger partial charge in [-0.1, -0.05) is 69.1 Å². The summed E-state index contributed by atoms with van der Waals surface area (Å²) in [5.74, 6) is 0.464. The molecule has 0 saturated carbocycles. The van der Waals surface area contributed by atoms with Gasteiger partial charge in [0.05, 0.1) is 0 Å². The maximum absolute atomic E-state index is 11.4. The molecule has 1 aromatic heterocycles. The van der Waals surface area contributed by atoms with E-state index in [-0.39, 0.29) is 11.8 Å². The SMILES string of the molecule is CC(C)(C)C(N)(CCCCCC(=O)OC(N)=O)c1nc(CCc2ccccc2)no1. The number of benzene rings is 1. The lowest BCUT2D eigenvalue weighted by atomic mass is 9.71. The molecular weight excluding hydrogens is 384 g/mol. The van der Waals surface area contributed by atoms with Gasteiger partial charge in [0.15, 0.2) is 5.82 Å². The second-order valence-corrected chi connectivity index (χ2v) is 8.58. The Bertz CT molecular complexity index is 829. The first-order valence-corrected chi connectivity index (χ1v) is 10.3. The van der Waals surface area contributed by atoms with Gasteiger partial charge in [0.1, 0.15) is 5.54 Å².